The van der Waals surface area contributed by atoms with Gasteiger partial charge in [0.05, 0.1) is 0 Å². The topological polar surface area (TPSA) is 81.8 Å². The molecule has 0 spiro atoms. The molecule has 0 aromatic carbocycles. The number of hydrogen-bond acceptors (Lipinski definition) is 5. The number of imide groups is 2. The standard InChI is InChI=1S/C15H17F3N4O3/c1-8-6-9(11-12(23)19-14(25)20-13(11)24)7-10(15(16,17)18)22(8)5-4-21(2)3/h6-7H,4-5H2,1-3H3,(H2,19,20,23,24,25). The van der Waals surface area contributed by atoms with Gasteiger partial charge in [0, 0.05) is 18.8 Å². The van der Waals surface area contributed by atoms with E-state index in [2.05, 4.69) is 0 Å². The fourth-order valence-electron chi connectivity index (χ4n) is 2.46. The zero-order chi connectivity index (χ0) is 18.9. The highest BCUT2D eigenvalue weighted by molar-refractivity contribution is 6.29. The first-order valence-corrected chi connectivity index (χ1v) is 7.31. The number of nitrogens with one attached hydrogen (secondary N) is 2. The molecule has 25 heavy (non-hydrogen) atoms. The lowest BCUT2D eigenvalue weighted by Crippen LogP contribution is -2.52. The van der Waals surface area contributed by atoms with Crippen molar-refractivity contribution in [2.24, 2.45) is 0 Å². The van der Waals surface area contributed by atoms with Crippen molar-refractivity contribution in [2.75, 3.05) is 27.2 Å². The minimum atomic E-state index is -4.68. The van der Waals surface area contributed by atoms with Gasteiger partial charge < -0.3 is 9.80 Å². The number of urea groups is 1. The number of halogens is 3. The molecule has 0 saturated carbocycles. The van der Waals surface area contributed by atoms with Gasteiger partial charge in [0.1, 0.15) is 11.3 Å². The molecule has 10 heteroatoms. The molecule has 0 aromatic heterocycles. The molecule has 4 amide bonds. The molecule has 2 aliphatic heterocycles. The second kappa shape index (κ2) is 6.71. The van der Waals surface area contributed by atoms with Crippen LogP contribution in [0.1, 0.15) is 6.92 Å². The predicted molar refractivity (Wildman–Crippen MR) is 81.9 cm³/mol. The first-order valence-electron chi connectivity index (χ1n) is 7.31. The summed E-state index contributed by atoms with van der Waals surface area (Å²) in [7, 11) is 3.47. The van der Waals surface area contributed by atoms with Gasteiger partial charge in [0.15, 0.2) is 0 Å². The Hall–Kier alpha value is -2.62. The molecule has 0 radical (unpaired) electrons. The van der Waals surface area contributed by atoms with Crippen molar-refractivity contribution in [3.8, 4) is 0 Å². The third-order valence-corrected chi connectivity index (χ3v) is 3.63. The van der Waals surface area contributed by atoms with Crippen molar-refractivity contribution in [1.82, 2.24) is 20.4 Å². The van der Waals surface area contributed by atoms with Crippen molar-refractivity contribution >= 4 is 17.8 Å². The Bertz CT molecular complexity index is 698. The van der Waals surface area contributed by atoms with E-state index in [1.807, 2.05) is 10.6 Å². The Morgan fingerprint density at radius 3 is 2.12 bits per heavy atom. The fourth-order valence-corrected chi connectivity index (χ4v) is 2.46. The molecule has 0 unspecified atom stereocenters. The molecule has 2 N–H and O–H groups in total. The number of nitrogens with zero attached hydrogens (tertiary/aromatic N) is 2. The summed E-state index contributed by atoms with van der Waals surface area (Å²) in [5.74, 6) is -2.07. The van der Waals surface area contributed by atoms with Crippen molar-refractivity contribution in [2.45, 2.75) is 13.1 Å². The smallest absolute Gasteiger partial charge is 0.340 e. The van der Waals surface area contributed by atoms with Crippen LogP contribution in [-0.4, -0.2) is 61.0 Å². The van der Waals surface area contributed by atoms with Crippen LogP contribution in [0, 0.1) is 0 Å². The number of barbiturate groups is 1. The molecule has 7 nitrogen and oxygen atoms in total. The van der Waals surface area contributed by atoms with Gasteiger partial charge in [-0.3, -0.25) is 20.2 Å². The minimum absolute atomic E-state index is 0.0835. The SMILES string of the molecule is CC1=CC(=C2C(=O)NC(=O)NC2=O)C=C(C(F)(F)F)N1CCN(C)C. The molecule has 2 heterocycles. The van der Waals surface area contributed by atoms with E-state index in [0.717, 1.165) is 11.0 Å². The summed E-state index contributed by atoms with van der Waals surface area (Å²) in [4.78, 5) is 37.6. The van der Waals surface area contributed by atoms with Crippen LogP contribution < -0.4 is 10.6 Å². The van der Waals surface area contributed by atoms with E-state index in [1.165, 1.54) is 13.0 Å². The maximum atomic E-state index is 13.5. The van der Waals surface area contributed by atoms with E-state index in [0.29, 0.717) is 6.54 Å². The molecule has 0 aliphatic carbocycles. The third kappa shape index (κ3) is 4.08. The van der Waals surface area contributed by atoms with Crippen molar-refractivity contribution in [1.29, 1.82) is 0 Å². The number of rotatable bonds is 3. The Kier molecular flexibility index (Phi) is 5.02. The van der Waals surface area contributed by atoms with Crippen LogP contribution >= 0.6 is 0 Å². The average Bonchev–Trinajstić information content (AvgIpc) is 2.43. The van der Waals surface area contributed by atoms with E-state index in [1.54, 1.807) is 19.0 Å². The maximum Gasteiger partial charge on any atom is 0.431 e. The monoisotopic (exact) mass is 358 g/mol. The number of allylic oxidation sites excluding steroid dienone is 5. The highest BCUT2D eigenvalue weighted by Crippen LogP contribution is 2.36. The molecular weight excluding hydrogens is 341 g/mol. The van der Waals surface area contributed by atoms with E-state index in [-0.39, 0.29) is 17.8 Å². The van der Waals surface area contributed by atoms with Gasteiger partial charge >= 0.3 is 12.2 Å². The summed E-state index contributed by atoms with van der Waals surface area (Å²) in [6, 6.07) is -1.01. The van der Waals surface area contributed by atoms with Crippen LogP contribution in [0.2, 0.25) is 0 Å². The fraction of sp³-hybridized carbons (Fsp3) is 0.400. The van der Waals surface area contributed by atoms with Crippen LogP contribution in [0.4, 0.5) is 18.0 Å². The summed E-state index contributed by atoms with van der Waals surface area (Å²) >= 11 is 0. The second-order valence-corrected chi connectivity index (χ2v) is 5.84. The number of carbonyl (C=O) groups excluding carboxylic acids is 3. The van der Waals surface area contributed by atoms with Gasteiger partial charge in [-0.05, 0) is 38.7 Å². The minimum Gasteiger partial charge on any atom is -0.340 e. The third-order valence-electron chi connectivity index (χ3n) is 3.63. The van der Waals surface area contributed by atoms with Gasteiger partial charge in [-0.2, -0.15) is 13.2 Å². The van der Waals surface area contributed by atoms with Gasteiger partial charge in [0.2, 0.25) is 0 Å². The molecule has 2 rings (SSSR count). The van der Waals surface area contributed by atoms with Crippen LogP contribution in [-0.2, 0) is 9.59 Å². The summed E-state index contributed by atoms with van der Waals surface area (Å²) in [6.07, 6.45) is -2.62. The van der Waals surface area contributed by atoms with Crippen LogP contribution in [0.5, 0.6) is 0 Å². The van der Waals surface area contributed by atoms with E-state index >= 15 is 0 Å². The molecule has 1 saturated heterocycles. The number of hydrogen-bond donors (Lipinski definition) is 2. The molecule has 0 aromatic rings. The Morgan fingerprint density at radius 1 is 1.08 bits per heavy atom. The highest BCUT2D eigenvalue weighted by Gasteiger charge is 2.41. The van der Waals surface area contributed by atoms with E-state index < -0.39 is 35.3 Å². The summed E-state index contributed by atoms with van der Waals surface area (Å²) < 4.78 is 40.4. The predicted octanol–water partition coefficient (Wildman–Crippen LogP) is 0.876. The van der Waals surface area contributed by atoms with E-state index in [9.17, 15) is 27.6 Å². The number of amides is 4. The summed E-state index contributed by atoms with van der Waals surface area (Å²) in [6.45, 7) is 1.92. The number of carbonyl (C=O) groups is 3. The van der Waals surface area contributed by atoms with Gasteiger partial charge in [-0.15, -0.1) is 0 Å². The summed E-state index contributed by atoms with van der Waals surface area (Å²) in [5, 5.41) is 3.70. The lowest BCUT2D eigenvalue weighted by molar-refractivity contribution is -0.124. The zero-order valence-corrected chi connectivity index (χ0v) is 13.8. The lowest BCUT2D eigenvalue weighted by Gasteiger charge is -2.33. The quantitative estimate of drug-likeness (QED) is 0.578. The molecule has 0 bridgehead atoms. The van der Waals surface area contributed by atoms with Crippen molar-refractivity contribution in [3.05, 3.63) is 34.7 Å². The zero-order valence-electron chi connectivity index (χ0n) is 13.8. The second-order valence-electron chi connectivity index (χ2n) is 5.84. The first-order chi connectivity index (χ1) is 11.5. The Balaban J connectivity index is 2.50. The molecular formula is C15H17F3N4O3. The van der Waals surface area contributed by atoms with Crippen molar-refractivity contribution in [3.63, 3.8) is 0 Å². The molecule has 1 fully saturated rings. The highest BCUT2D eigenvalue weighted by atomic mass is 19.4. The van der Waals surface area contributed by atoms with Crippen LogP contribution in [0.3, 0.4) is 0 Å². The van der Waals surface area contributed by atoms with Gasteiger partial charge in [-0.1, -0.05) is 0 Å². The van der Waals surface area contributed by atoms with Crippen LogP contribution in [0.25, 0.3) is 0 Å². The maximum absolute atomic E-state index is 13.5. The van der Waals surface area contributed by atoms with Gasteiger partial charge in [-0.25, -0.2) is 4.79 Å². The first kappa shape index (κ1) is 18.7. The molecule has 0 atom stereocenters. The largest absolute Gasteiger partial charge is 0.431 e. The molecule has 136 valence electrons. The van der Waals surface area contributed by atoms with E-state index in [4.69, 9.17) is 0 Å². The summed E-state index contributed by atoms with van der Waals surface area (Å²) in [5.41, 5.74) is -1.48. The lowest BCUT2D eigenvalue weighted by atomic mass is 9.99. The normalized spacial score (nSPS) is 19.0. The number of likely N-dealkylation sites (N-methyl/N-ethyl adjacent to an activating group) is 1. The Labute approximate surface area is 141 Å². The Morgan fingerprint density at radius 2 is 1.64 bits per heavy atom. The molecule has 2 aliphatic rings. The average molecular weight is 358 g/mol. The van der Waals surface area contributed by atoms with Crippen LogP contribution in [0.15, 0.2) is 34.7 Å². The van der Waals surface area contributed by atoms with Crippen molar-refractivity contribution < 1.29 is 27.6 Å². The van der Waals surface area contributed by atoms with Gasteiger partial charge in [0.25, 0.3) is 11.8 Å². The number of alkyl halides is 3.